The fourth-order valence-corrected chi connectivity index (χ4v) is 2.79. The van der Waals surface area contributed by atoms with Crippen LogP contribution in [0.1, 0.15) is 30.5 Å². The molecule has 0 radical (unpaired) electrons. The highest BCUT2D eigenvalue weighted by atomic mass is 19.1. The van der Waals surface area contributed by atoms with E-state index in [9.17, 15) is 9.18 Å². The zero-order valence-electron chi connectivity index (χ0n) is 12.4. The second kappa shape index (κ2) is 5.69. The van der Waals surface area contributed by atoms with Gasteiger partial charge in [-0.15, -0.1) is 0 Å². The minimum Gasteiger partial charge on any atom is -0.377 e. The molecule has 0 bridgehead atoms. The molecule has 2 aliphatic rings. The molecule has 1 saturated carbocycles. The van der Waals surface area contributed by atoms with Crippen LogP contribution >= 0.6 is 0 Å². The van der Waals surface area contributed by atoms with Gasteiger partial charge in [0.1, 0.15) is 12.4 Å². The quantitative estimate of drug-likeness (QED) is 0.909. The predicted molar refractivity (Wildman–Crippen MR) is 79.7 cm³/mol. The van der Waals surface area contributed by atoms with Gasteiger partial charge in [0.25, 0.3) is 5.56 Å². The van der Waals surface area contributed by atoms with Crippen LogP contribution in [0, 0.1) is 5.82 Å². The highest BCUT2D eigenvalue weighted by molar-refractivity contribution is 5.36. The number of aromatic nitrogens is 4. The first-order valence-corrected chi connectivity index (χ1v) is 7.62. The van der Waals surface area contributed by atoms with Crippen LogP contribution in [0.2, 0.25) is 0 Å². The molecule has 2 atom stereocenters. The molecular weight excluding hydrogens is 301 g/mol. The van der Waals surface area contributed by atoms with E-state index in [1.165, 1.54) is 11.0 Å². The van der Waals surface area contributed by atoms with Crippen LogP contribution in [0.3, 0.4) is 0 Å². The lowest BCUT2D eigenvalue weighted by Crippen LogP contribution is -2.37. The molecule has 3 heterocycles. The third-order valence-corrected chi connectivity index (χ3v) is 4.20. The fourth-order valence-electron chi connectivity index (χ4n) is 2.79. The van der Waals surface area contributed by atoms with Crippen molar-refractivity contribution in [2.45, 2.75) is 30.8 Å². The lowest BCUT2D eigenvalue weighted by atomic mass is 10.1. The summed E-state index contributed by atoms with van der Waals surface area (Å²) in [4.78, 5) is 19.7. The summed E-state index contributed by atoms with van der Waals surface area (Å²) in [5, 5.41) is 7.49. The topological polar surface area (TPSA) is 81.9 Å². The van der Waals surface area contributed by atoms with Crippen LogP contribution in [-0.2, 0) is 4.74 Å². The van der Waals surface area contributed by atoms with Gasteiger partial charge in [-0.2, -0.15) is 5.10 Å². The third-order valence-electron chi connectivity index (χ3n) is 4.20. The van der Waals surface area contributed by atoms with E-state index in [-0.39, 0.29) is 23.5 Å². The zero-order valence-corrected chi connectivity index (χ0v) is 12.4. The summed E-state index contributed by atoms with van der Waals surface area (Å²) in [6, 6.07) is 2.76. The van der Waals surface area contributed by atoms with Gasteiger partial charge >= 0.3 is 0 Å². The number of rotatable bonds is 4. The number of anilines is 1. The van der Waals surface area contributed by atoms with E-state index in [1.54, 1.807) is 12.1 Å². The molecule has 2 fully saturated rings. The van der Waals surface area contributed by atoms with Gasteiger partial charge in [-0.3, -0.25) is 4.79 Å². The van der Waals surface area contributed by atoms with Crippen LogP contribution in [0.5, 0.6) is 0 Å². The maximum atomic E-state index is 13.7. The Balaban J connectivity index is 1.61. The summed E-state index contributed by atoms with van der Waals surface area (Å²) in [6.07, 6.45) is 4.59. The average Bonchev–Trinajstić information content (AvgIpc) is 3.30. The van der Waals surface area contributed by atoms with Crippen molar-refractivity contribution >= 4 is 5.82 Å². The van der Waals surface area contributed by atoms with Crippen molar-refractivity contribution in [2.75, 3.05) is 18.5 Å². The van der Waals surface area contributed by atoms with Gasteiger partial charge in [0.2, 0.25) is 0 Å². The fraction of sp³-hybridized carbons (Fsp3) is 0.467. The number of hydrogen-bond donors (Lipinski definition) is 1. The third kappa shape index (κ3) is 2.81. The van der Waals surface area contributed by atoms with Crippen LogP contribution in [0.15, 0.2) is 29.5 Å². The summed E-state index contributed by atoms with van der Waals surface area (Å²) in [6.45, 7) is 0.710. The highest BCUT2D eigenvalue weighted by Gasteiger charge is 2.33. The normalized spacial score (nSPS) is 23.9. The minimum atomic E-state index is -0.537. The maximum absolute atomic E-state index is 13.7. The summed E-state index contributed by atoms with van der Waals surface area (Å²) in [5.74, 6) is 0.0203. The molecule has 0 spiro atoms. The van der Waals surface area contributed by atoms with Crippen LogP contribution in [0.25, 0.3) is 0 Å². The maximum Gasteiger partial charge on any atom is 0.267 e. The van der Waals surface area contributed by atoms with E-state index in [1.807, 2.05) is 0 Å². The van der Waals surface area contributed by atoms with Crippen LogP contribution in [0.4, 0.5) is 10.2 Å². The van der Waals surface area contributed by atoms with Crippen molar-refractivity contribution in [3.05, 3.63) is 46.5 Å². The first-order valence-electron chi connectivity index (χ1n) is 7.62. The molecule has 120 valence electrons. The lowest BCUT2D eigenvalue weighted by molar-refractivity contribution is 0.182. The summed E-state index contributed by atoms with van der Waals surface area (Å²) >= 11 is 0. The Hall–Kier alpha value is -2.35. The molecule has 2 aromatic heterocycles. The smallest absolute Gasteiger partial charge is 0.267 e. The minimum absolute atomic E-state index is 0.104. The van der Waals surface area contributed by atoms with Gasteiger partial charge in [0, 0.05) is 12.0 Å². The Labute approximate surface area is 131 Å². The van der Waals surface area contributed by atoms with Gasteiger partial charge in [-0.25, -0.2) is 19.0 Å². The van der Waals surface area contributed by atoms with Crippen molar-refractivity contribution in [1.82, 2.24) is 19.7 Å². The molecule has 2 aromatic rings. The molecule has 23 heavy (non-hydrogen) atoms. The van der Waals surface area contributed by atoms with Crippen molar-refractivity contribution in [2.24, 2.45) is 0 Å². The van der Waals surface area contributed by atoms with E-state index < -0.39 is 5.82 Å². The number of hydrogen-bond acceptors (Lipinski definition) is 6. The molecule has 7 nitrogen and oxygen atoms in total. The SMILES string of the molecule is O=c1ccc(C2CC2)nn1C1COCC1Nc1ncncc1F. The number of ether oxygens (including phenoxy) is 1. The van der Waals surface area contributed by atoms with Gasteiger partial charge in [-0.05, 0) is 18.9 Å². The molecule has 1 saturated heterocycles. The first kappa shape index (κ1) is 14.3. The second-order valence-corrected chi connectivity index (χ2v) is 5.89. The van der Waals surface area contributed by atoms with E-state index in [2.05, 4.69) is 20.4 Å². The molecule has 1 aliphatic carbocycles. The van der Waals surface area contributed by atoms with Crippen molar-refractivity contribution in [3.8, 4) is 0 Å². The van der Waals surface area contributed by atoms with Gasteiger partial charge in [0.15, 0.2) is 11.6 Å². The molecule has 2 unspecified atom stereocenters. The molecule has 1 N–H and O–H groups in total. The number of nitrogens with one attached hydrogen (secondary N) is 1. The Morgan fingerprint density at radius 2 is 2.17 bits per heavy atom. The number of halogens is 1. The lowest BCUT2D eigenvalue weighted by Gasteiger charge is -2.21. The Kier molecular flexibility index (Phi) is 3.53. The Bertz CT molecular complexity index is 776. The molecular formula is C15H16FN5O2. The summed E-state index contributed by atoms with van der Waals surface area (Å²) in [5.41, 5.74) is 0.753. The van der Waals surface area contributed by atoms with Crippen molar-refractivity contribution < 1.29 is 9.13 Å². The Morgan fingerprint density at radius 3 is 2.96 bits per heavy atom. The zero-order chi connectivity index (χ0) is 15.8. The van der Waals surface area contributed by atoms with E-state index in [0.29, 0.717) is 19.1 Å². The molecule has 0 amide bonds. The van der Waals surface area contributed by atoms with Crippen LogP contribution in [-0.4, -0.2) is 39.0 Å². The van der Waals surface area contributed by atoms with Gasteiger partial charge in [0.05, 0.1) is 31.1 Å². The van der Waals surface area contributed by atoms with E-state index in [4.69, 9.17) is 4.74 Å². The molecule has 0 aromatic carbocycles. The first-order chi connectivity index (χ1) is 11.2. The van der Waals surface area contributed by atoms with Crippen molar-refractivity contribution in [3.63, 3.8) is 0 Å². The largest absolute Gasteiger partial charge is 0.377 e. The monoisotopic (exact) mass is 317 g/mol. The summed E-state index contributed by atoms with van der Waals surface area (Å²) < 4.78 is 20.7. The highest BCUT2D eigenvalue weighted by Crippen LogP contribution is 2.38. The van der Waals surface area contributed by atoms with E-state index >= 15 is 0 Å². The average molecular weight is 317 g/mol. The Morgan fingerprint density at radius 1 is 1.30 bits per heavy atom. The van der Waals surface area contributed by atoms with Crippen molar-refractivity contribution in [1.29, 1.82) is 0 Å². The van der Waals surface area contributed by atoms with Gasteiger partial charge < -0.3 is 10.1 Å². The number of nitrogens with zero attached hydrogens (tertiary/aromatic N) is 4. The predicted octanol–water partition coefficient (Wildman–Crippen LogP) is 1.10. The molecule has 1 aliphatic heterocycles. The van der Waals surface area contributed by atoms with Gasteiger partial charge in [-0.1, -0.05) is 0 Å². The summed E-state index contributed by atoms with van der Waals surface area (Å²) in [7, 11) is 0. The second-order valence-electron chi connectivity index (χ2n) is 5.89. The standard InChI is InChI=1S/C15H16FN5O2/c16-10-5-17-8-18-15(10)19-12-6-23-7-13(12)21-14(22)4-3-11(20-21)9-1-2-9/h3-5,8-9,12-13H,1-2,6-7H2,(H,17,18,19). The molecule has 8 heteroatoms. The van der Waals surface area contributed by atoms with Crippen LogP contribution < -0.4 is 10.9 Å². The van der Waals surface area contributed by atoms with E-state index in [0.717, 1.165) is 24.7 Å². The molecule has 4 rings (SSSR count).